The minimum absolute atomic E-state index is 0. The molecule has 0 spiro atoms. The number of hydrogen-bond acceptors (Lipinski definition) is 5. The zero-order valence-corrected chi connectivity index (χ0v) is 5.87. The Bertz CT molecular complexity index is 102. The molecule has 72 valence electrons. The monoisotopic (exact) mass is 189 g/mol. The van der Waals surface area contributed by atoms with Gasteiger partial charge < -0.3 is 18.5 Å². The molecule has 0 amide bonds. The molecule has 0 saturated carbocycles. The van der Waals surface area contributed by atoms with E-state index in [2.05, 4.69) is 0 Å². The smallest absolute Gasteiger partial charge is 0.344 e. The Morgan fingerprint density at radius 3 is 0.800 bits per heavy atom. The van der Waals surface area contributed by atoms with Gasteiger partial charge in [-0.1, -0.05) is 0 Å². The fraction of sp³-hybridized carbons (Fsp3) is 0. The van der Waals surface area contributed by atoms with Crippen LogP contribution >= 0.6 is 0 Å². The van der Waals surface area contributed by atoms with Crippen molar-refractivity contribution in [2.24, 2.45) is 0 Å². The van der Waals surface area contributed by atoms with Crippen molar-refractivity contribution in [2.75, 3.05) is 0 Å². The normalized spacial score (nSPS) is 5.80. The van der Waals surface area contributed by atoms with Crippen molar-refractivity contribution in [1.82, 2.24) is 18.5 Å². The summed E-state index contributed by atoms with van der Waals surface area (Å²) in [5.74, 6) is 0. The van der Waals surface area contributed by atoms with E-state index in [4.69, 9.17) is 17.5 Å². The molecule has 11 N–H and O–H groups in total. The molecule has 0 aliphatic rings. The van der Waals surface area contributed by atoms with Gasteiger partial charge in [0, 0.05) is 0 Å². The zero-order valence-electron chi connectivity index (χ0n) is 5.06. The molecular weight excluding hydrogens is 176 g/mol. The van der Waals surface area contributed by atoms with Gasteiger partial charge in [0.25, 0.3) is 0 Å². The average Bonchev–Trinajstić information content (AvgIpc) is 0.722. The first-order valence-electron chi connectivity index (χ1n) is 0.698. The predicted molar refractivity (Wildman–Crippen MR) is 34.2 cm³/mol. The van der Waals surface area contributed by atoms with Crippen LogP contribution in [0.25, 0.3) is 0 Å². The number of halogens is 2. The summed E-state index contributed by atoms with van der Waals surface area (Å²) in [5.41, 5.74) is 0. The first-order chi connectivity index (χ1) is 2.00. The molecule has 0 fully saturated rings. The fourth-order valence-electron chi connectivity index (χ4n) is 0. The molecule has 0 aromatic rings. The van der Waals surface area contributed by atoms with Crippen LogP contribution in [0.15, 0.2) is 0 Å². The van der Waals surface area contributed by atoms with Gasteiger partial charge in [0.05, 0.1) is 0 Å². The Morgan fingerprint density at radius 2 is 0.800 bits per heavy atom. The lowest BCUT2D eigenvalue weighted by atomic mass is 14.0. The van der Waals surface area contributed by atoms with Gasteiger partial charge in [-0.3, -0.25) is 18.5 Å². The van der Waals surface area contributed by atoms with Crippen molar-refractivity contribution in [3.05, 3.63) is 0 Å². The Morgan fingerprint density at radius 1 is 0.800 bits per heavy atom. The molecule has 0 heterocycles. The van der Waals surface area contributed by atoms with Gasteiger partial charge in [-0.2, -0.15) is 8.42 Å². The van der Waals surface area contributed by atoms with Crippen molar-refractivity contribution in [1.29, 1.82) is 0 Å². The van der Waals surface area contributed by atoms with Gasteiger partial charge in [0.2, 0.25) is 0 Å². The van der Waals surface area contributed by atoms with Crippen LogP contribution in [0.4, 0.5) is 9.41 Å². The summed E-state index contributed by atoms with van der Waals surface area (Å²) in [5, 5.41) is 0. The van der Waals surface area contributed by atoms with Crippen LogP contribution < -0.4 is 18.5 Å². The van der Waals surface area contributed by atoms with E-state index >= 15 is 0 Å². The Hall–Kier alpha value is -0.390. The van der Waals surface area contributed by atoms with Gasteiger partial charge in [-0.25, -0.2) is 0 Å². The van der Waals surface area contributed by atoms with E-state index < -0.39 is 10.4 Å². The van der Waals surface area contributed by atoms with Crippen LogP contribution in [-0.2, 0) is 10.4 Å². The van der Waals surface area contributed by atoms with Gasteiger partial charge in [0.15, 0.2) is 0 Å². The van der Waals surface area contributed by atoms with E-state index in [-0.39, 0.29) is 27.9 Å². The van der Waals surface area contributed by atoms with Crippen LogP contribution in [0.1, 0.15) is 0 Å². The molecule has 0 aromatic carbocycles. The van der Waals surface area contributed by atoms with E-state index in [1.54, 1.807) is 0 Å². The standard InChI is InChI=1S/2FH.3H3N.H2O4S/c;;;;;1-5(2,3)4/h2*1H;3*1H3;(H2,1,2,3,4). The lowest BCUT2D eigenvalue weighted by molar-refractivity contribution is 0.381. The first kappa shape index (κ1) is 54.7. The van der Waals surface area contributed by atoms with Crippen LogP contribution in [0.5, 0.6) is 0 Å². The van der Waals surface area contributed by atoms with E-state index in [0.717, 1.165) is 0 Å². The van der Waals surface area contributed by atoms with Crippen molar-refractivity contribution in [3.63, 3.8) is 0 Å². The summed E-state index contributed by atoms with van der Waals surface area (Å²) in [6.45, 7) is 0. The van der Waals surface area contributed by atoms with E-state index in [9.17, 15) is 0 Å². The van der Waals surface area contributed by atoms with Crippen LogP contribution in [-0.4, -0.2) is 17.5 Å². The van der Waals surface area contributed by atoms with Gasteiger partial charge in [0.1, 0.15) is 0 Å². The molecule has 0 saturated heterocycles. The largest absolute Gasteiger partial charge is 0.394 e. The molecule has 7 nitrogen and oxygen atoms in total. The molecule has 0 aromatic heterocycles. The molecular formula is H13F2N3O4S. The summed E-state index contributed by atoms with van der Waals surface area (Å²) in [7, 11) is -4.67. The highest BCUT2D eigenvalue weighted by Crippen LogP contribution is 1.59. The molecule has 0 unspecified atom stereocenters. The second-order valence-corrected chi connectivity index (χ2v) is 1.34. The Balaban J connectivity index is -0.00000000800. The van der Waals surface area contributed by atoms with Crippen LogP contribution in [0.2, 0.25) is 0 Å². The molecule has 0 radical (unpaired) electrons. The molecule has 0 aliphatic heterocycles. The van der Waals surface area contributed by atoms with E-state index in [1.165, 1.54) is 0 Å². The lowest BCUT2D eigenvalue weighted by Gasteiger charge is -1.68. The van der Waals surface area contributed by atoms with Gasteiger partial charge >= 0.3 is 10.4 Å². The summed E-state index contributed by atoms with van der Waals surface area (Å²) >= 11 is 0. The Kier molecular flexibility index (Phi) is 86.6. The maximum absolute atomic E-state index is 8.74. The van der Waals surface area contributed by atoms with Crippen molar-refractivity contribution in [2.45, 2.75) is 0 Å². The van der Waals surface area contributed by atoms with Crippen molar-refractivity contribution in [3.8, 4) is 0 Å². The highest BCUT2D eigenvalue weighted by Gasteiger charge is 1.84. The minimum Gasteiger partial charge on any atom is -0.344 e. The second kappa shape index (κ2) is 15.8. The summed E-state index contributed by atoms with van der Waals surface area (Å²) in [6, 6.07) is 0. The maximum atomic E-state index is 8.74. The van der Waals surface area contributed by atoms with E-state index in [1.807, 2.05) is 0 Å². The SMILES string of the molecule is F.F.N.N.N.O=S(=O)(O)O. The summed E-state index contributed by atoms with van der Waals surface area (Å²) in [6.07, 6.45) is 0. The molecule has 0 rings (SSSR count). The maximum Gasteiger partial charge on any atom is 0.394 e. The average molecular weight is 189 g/mol. The zero-order chi connectivity index (χ0) is 4.50. The topological polar surface area (TPSA) is 180 Å². The van der Waals surface area contributed by atoms with Gasteiger partial charge in [-0.15, -0.1) is 0 Å². The molecule has 10 heavy (non-hydrogen) atoms. The minimum atomic E-state index is -4.67. The fourth-order valence-corrected chi connectivity index (χ4v) is 0. The second-order valence-electron chi connectivity index (χ2n) is 0.448. The lowest BCUT2D eigenvalue weighted by Crippen LogP contribution is -1.89. The van der Waals surface area contributed by atoms with Crippen LogP contribution in [0.3, 0.4) is 0 Å². The van der Waals surface area contributed by atoms with Gasteiger partial charge in [-0.05, 0) is 0 Å². The number of rotatable bonds is 0. The molecule has 10 heteroatoms. The van der Waals surface area contributed by atoms with Crippen molar-refractivity contribution < 1.29 is 26.9 Å². The third-order valence-electron chi connectivity index (χ3n) is 0. The molecule has 0 aliphatic carbocycles. The highest BCUT2D eigenvalue weighted by atomic mass is 32.3. The highest BCUT2D eigenvalue weighted by molar-refractivity contribution is 7.79. The van der Waals surface area contributed by atoms with Crippen molar-refractivity contribution >= 4 is 10.4 Å². The quantitative estimate of drug-likeness (QED) is 0.336. The number of hydrogen-bond donors (Lipinski definition) is 5. The summed E-state index contributed by atoms with van der Waals surface area (Å²) in [4.78, 5) is 0. The molecule has 0 atom stereocenters. The third-order valence-corrected chi connectivity index (χ3v) is 0. The van der Waals surface area contributed by atoms with E-state index in [0.29, 0.717) is 0 Å². The first-order valence-corrected chi connectivity index (χ1v) is 2.10. The summed E-state index contributed by atoms with van der Waals surface area (Å²) < 4.78 is 31.6. The predicted octanol–water partition coefficient (Wildman–Crippen LogP) is 0.138. The molecule has 0 bridgehead atoms. The van der Waals surface area contributed by atoms with Crippen LogP contribution in [0, 0.1) is 0 Å². The third kappa shape index (κ3) is 2190. The Labute approximate surface area is 56.9 Å².